The first-order valence-corrected chi connectivity index (χ1v) is 8.14. The Hall–Kier alpha value is -1.95. The predicted octanol–water partition coefficient (Wildman–Crippen LogP) is 1.43. The van der Waals surface area contributed by atoms with Gasteiger partial charge >= 0.3 is 0 Å². The van der Waals surface area contributed by atoms with E-state index in [1.807, 2.05) is 0 Å². The molecule has 0 spiro atoms. The minimum Gasteiger partial charge on any atom is -0.356 e. The number of hydrogen-bond acceptors (Lipinski definition) is 3. The topological polar surface area (TPSA) is 61.4 Å². The van der Waals surface area contributed by atoms with Gasteiger partial charge in [-0.2, -0.15) is 0 Å². The third-order valence-electron chi connectivity index (χ3n) is 3.94. The molecule has 1 unspecified atom stereocenters. The SMILES string of the molecule is CCCCNC(=O)CC1NCCN(Cc2ccccc2F)C1=O. The van der Waals surface area contributed by atoms with Crippen LogP contribution in [-0.2, 0) is 16.1 Å². The van der Waals surface area contributed by atoms with Crippen LogP contribution in [0.3, 0.4) is 0 Å². The lowest BCUT2D eigenvalue weighted by molar-refractivity contribution is -0.138. The molecule has 126 valence electrons. The number of halogens is 1. The van der Waals surface area contributed by atoms with Crippen LogP contribution in [0.2, 0.25) is 0 Å². The van der Waals surface area contributed by atoms with Gasteiger partial charge in [-0.05, 0) is 12.5 Å². The van der Waals surface area contributed by atoms with Crippen molar-refractivity contribution in [3.8, 4) is 0 Å². The number of benzene rings is 1. The Morgan fingerprint density at radius 3 is 2.96 bits per heavy atom. The molecule has 0 saturated carbocycles. The lowest BCUT2D eigenvalue weighted by Crippen LogP contribution is -2.55. The van der Waals surface area contributed by atoms with Crippen LogP contribution in [0.15, 0.2) is 24.3 Å². The summed E-state index contributed by atoms with van der Waals surface area (Å²) in [4.78, 5) is 25.9. The molecule has 2 N–H and O–H groups in total. The second-order valence-electron chi connectivity index (χ2n) is 5.77. The first-order valence-electron chi connectivity index (χ1n) is 8.14. The quantitative estimate of drug-likeness (QED) is 0.747. The molecule has 0 aromatic heterocycles. The Labute approximate surface area is 136 Å². The van der Waals surface area contributed by atoms with Gasteiger partial charge in [0.1, 0.15) is 5.82 Å². The molecule has 6 heteroatoms. The summed E-state index contributed by atoms with van der Waals surface area (Å²) in [6.45, 7) is 4.05. The summed E-state index contributed by atoms with van der Waals surface area (Å²) in [7, 11) is 0. The number of piperazine rings is 1. The highest BCUT2D eigenvalue weighted by atomic mass is 19.1. The zero-order chi connectivity index (χ0) is 16.7. The fourth-order valence-electron chi connectivity index (χ4n) is 2.60. The van der Waals surface area contributed by atoms with Crippen molar-refractivity contribution in [3.05, 3.63) is 35.6 Å². The Morgan fingerprint density at radius 1 is 1.43 bits per heavy atom. The van der Waals surface area contributed by atoms with Gasteiger partial charge in [0.2, 0.25) is 11.8 Å². The highest BCUT2D eigenvalue weighted by Gasteiger charge is 2.30. The van der Waals surface area contributed by atoms with E-state index < -0.39 is 6.04 Å². The Morgan fingerprint density at radius 2 is 2.22 bits per heavy atom. The monoisotopic (exact) mass is 321 g/mol. The van der Waals surface area contributed by atoms with E-state index >= 15 is 0 Å². The van der Waals surface area contributed by atoms with Gasteiger partial charge in [0.25, 0.3) is 0 Å². The van der Waals surface area contributed by atoms with Crippen molar-refractivity contribution in [2.45, 2.75) is 38.8 Å². The molecule has 1 aromatic carbocycles. The summed E-state index contributed by atoms with van der Waals surface area (Å²) < 4.78 is 13.7. The highest BCUT2D eigenvalue weighted by Crippen LogP contribution is 2.13. The van der Waals surface area contributed by atoms with Crippen LogP contribution in [0.25, 0.3) is 0 Å². The number of nitrogens with zero attached hydrogens (tertiary/aromatic N) is 1. The van der Waals surface area contributed by atoms with E-state index in [9.17, 15) is 14.0 Å². The first-order chi connectivity index (χ1) is 11.1. The summed E-state index contributed by atoms with van der Waals surface area (Å²) >= 11 is 0. The largest absolute Gasteiger partial charge is 0.356 e. The average molecular weight is 321 g/mol. The van der Waals surface area contributed by atoms with E-state index in [1.54, 1.807) is 23.1 Å². The van der Waals surface area contributed by atoms with Crippen molar-refractivity contribution < 1.29 is 14.0 Å². The molecule has 0 bridgehead atoms. The van der Waals surface area contributed by atoms with Crippen LogP contribution >= 0.6 is 0 Å². The van der Waals surface area contributed by atoms with E-state index in [0.29, 0.717) is 25.2 Å². The van der Waals surface area contributed by atoms with E-state index in [0.717, 1.165) is 12.8 Å². The maximum atomic E-state index is 13.7. The molecule has 2 amide bonds. The zero-order valence-electron chi connectivity index (χ0n) is 13.5. The molecule has 1 aliphatic rings. The number of nitrogens with one attached hydrogen (secondary N) is 2. The van der Waals surface area contributed by atoms with Gasteiger partial charge in [-0.15, -0.1) is 0 Å². The van der Waals surface area contributed by atoms with Crippen molar-refractivity contribution in [2.24, 2.45) is 0 Å². The predicted molar refractivity (Wildman–Crippen MR) is 86.1 cm³/mol. The molecule has 0 radical (unpaired) electrons. The third-order valence-corrected chi connectivity index (χ3v) is 3.94. The number of hydrogen-bond donors (Lipinski definition) is 2. The van der Waals surface area contributed by atoms with Crippen molar-refractivity contribution in [1.29, 1.82) is 0 Å². The summed E-state index contributed by atoms with van der Waals surface area (Å²) in [6, 6.07) is 5.92. The number of unbranched alkanes of at least 4 members (excludes halogenated alkanes) is 1. The number of rotatable bonds is 7. The lowest BCUT2D eigenvalue weighted by atomic mass is 10.1. The first kappa shape index (κ1) is 17.4. The normalized spacial score (nSPS) is 18.1. The van der Waals surface area contributed by atoms with E-state index in [1.165, 1.54) is 6.07 Å². The van der Waals surface area contributed by atoms with Gasteiger partial charge < -0.3 is 15.5 Å². The molecule has 1 saturated heterocycles. The number of amides is 2. The van der Waals surface area contributed by atoms with Crippen LogP contribution in [-0.4, -0.2) is 42.4 Å². The van der Waals surface area contributed by atoms with Gasteiger partial charge in [-0.1, -0.05) is 31.5 Å². The van der Waals surface area contributed by atoms with Crippen molar-refractivity contribution in [3.63, 3.8) is 0 Å². The van der Waals surface area contributed by atoms with Crippen molar-refractivity contribution in [2.75, 3.05) is 19.6 Å². The van der Waals surface area contributed by atoms with Crippen LogP contribution in [0.1, 0.15) is 31.7 Å². The van der Waals surface area contributed by atoms with Crippen molar-refractivity contribution in [1.82, 2.24) is 15.5 Å². The Bertz CT molecular complexity index is 550. The van der Waals surface area contributed by atoms with Gasteiger partial charge in [-0.3, -0.25) is 9.59 Å². The standard InChI is InChI=1S/C17H24FN3O2/c1-2-3-8-20-16(22)11-15-17(23)21(10-9-19-15)12-13-6-4-5-7-14(13)18/h4-7,15,19H,2-3,8-12H2,1H3,(H,20,22). The van der Waals surface area contributed by atoms with E-state index in [2.05, 4.69) is 17.6 Å². The van der Waals surface area contributed by atoms with Gasteiger partial charge in [0.15, 0.2) is 0 Å². The Balaban J connectivity index is 1.90. The summed E-state index contributed by atoms with van der Waals surface area (Å²) in [5.74, 6) is -0.588. The lowest BCUT2D eigenvalue weighted by Gasteiger charge is -2.33. The molecular weight excluding hydrogens is 297 g/mol. The van der Waals surface area contributed by atoms with Crippen LogP contribution in [0.4, 0.5) is 4.39 Å². The number of carbonyl (C=O) groups excluding carboxylic acids is 2. The molecule has 0 aliphatic carbocycles. The smallest absolute Gasteiger partial charge is 0.240 e. The van der Waals surface area contributed by atoms with Crippen molar-refractivity contribution >= 4 is 11.8 Å². The second-order valence-corrected chi connectivity index (χ2v) is 5.77. The van der Waals surface area contributed by atoms with E-state index in [-0.39, 0.29) is 30.6 Å². The molecule has 5 nitrogen and oxygen atoms in total. The molecule has 1 aromatic rings. The molecule has 23 heavy (non-hydrogen) atoms. The molecule has 1 heterocycles. The average Bonchev–Trinajstić information content (AvgIpc) is 2.53. The maximum absolute atomic E-state index is 13.7. The van der Waals surface area contributed by atoms with Crippen LogP contribution in [0, 0.1) is 5.82 Å². The number of carbonyl (C=O) groups is 2. The fourth-order valence-corrected chi connectivity index (χ4v) is 2.60. The molecule has 2 rings (SSSR count). The van der Waals surface area contributed by atoms with Gasteiger partial charge in [0.05, 0.1) is 12.5 Å². The van der Waals surface area contributed by atoms with Crippen LogP contribution < -0.4 is 10.6 Å². The fraction of sp³-hybridized carbons (Fsp3) is 0.529. The summed E-state index contributed by atoms with van der Waals surface area (Å²) in [6.07, 6.45) is 2.06. The van der Waals surface area contributed by atoms with E-state index in [4.69, 9.17) is 0 Å². The maximum Gasteiger partial charge on any atom is 0.240 e. The zero-order valence-corrected chi connectivity index (χ0v) is 13.5. The van der Waals surface area contributed by atoms with Gasteiger partial charge in [0, 0.05) is 31.7 Å². The van der Waals surface area contributed by atoms with Crippen LogP contribution in [0.5, 0.6) is 0 Å². The Kier molecular flexibility index (Phi) is 6.52. The highest BCUT2D eigenvalue weighted by molar-refractivity contribution is 5.88. The third kappa shape index (κ3) is 5.03. The molecule has 1 atom stereocenters. The molecule has 1 aliphatic heterocycles. The molecule has 1 fully saturated rings. The van der Waals surface area contributed by atoms with Gasteiger partial charge in [-0.25, -0.2) is 4.39 Å². The molecular formula is C17H24FN3O2. The summed E-state index contributed by atoms with van der Waals surface area (Å²) in [5, 5.41) is 5.89. The minimum atomic E-state index is -0.530. The minimum absolute atomic E-state index is 0.121. The summed E-state index contributed by atoms with van der Waals surface area (Å²) in [5.41, 5.74) is 0.494. The second kappa shape index (κ2) is 8.62.